The summed E-state index contributed by atoms with van der Waals surface area (Å²) in [6.45, 7) is 12.7. The minimum absolute atomic E-state index is 0.226. The van der Waals surface area contributed by atoms with E-state index >= 15 is 0 Å². The van der Waals surface area contributed by atoms with Crippen LogP contribution in [0.4, 0.5) is 0 Å². The van der Waals surface area contributed by atoms with Crippen LogP contribution in [-0.4, -0.2) is 71.8 Å². The summed E-state index contributed by atoms with van der Waals surface area (Å²) in [5.41, 5.74) is 0. The number of carboxylic acid groups (broad SMARTS) is 1. The van der Waals surface area contributed by atoms with Crippen LogP contribution in [0.3, 0.4) is 0 Å². The number of fused-ring (bicyclic) bond motifs is 2. The average molecular weight is 702 g/mol. The second-order valence-electron chi connectivity index (χ2n) is 17.1. The van der Waals surface area contributed by atoms with Gasteiger partial charge in [0.15, 0.2) is 0 Å². The van der Waals surface area contributed by atoms with Crippen LogP contribution in [0.1, 0.15) is 207 Å². The summed E-state index contributed by atoms with van der Waals surface area (Å²) in [6.07, 6.45) is 36.1. The lowest BCUT2D eigenvalue weighted by molar-refractivity contribution is -0.153. The zero-order chi connectivity index (χ0) is 36.0. The monoisotopic (exact) mass is 702 g/mol. The second-order valence-corrected chi connectivity index (χ2v) is 17.1. The molecule has 1 heterocycles. The number of nitrogens with zero attached hydrogens (tertiary/aromatic N) is 2. The van der Waals surface area contributed by atoms with E-state index in [9.17, 15) is 9.90 Å². The van der Waals surface area contributed by atoms with Crippen molar-refractivity contribution in [2.75, 3.05) is 26.7 Å². The Bertz CT molecular complexity index is 844. The van der Waals surface area contributed by atoms with E-state index in [1.54, 1.807) is 5.92 Å². The van der Waals surface area contributed by atoms with Crippen LogP contribution in [0, 0.1) is 23.7 Å². The van der Waals surface area contributed by atoms with Gasteiger partial charge in [0.25, 0.3) is 0 Å². The van der Waals surface area contributed by atoms with E-state index in [0.717, 1.165) is 38.6 Å². The molecule has 0 amide bonds. The molecule has 0 radical (unpaired) electrons. The lowest BCUT2D eigenvalue weighted by Crippen LogP contribution is -2.56. The van der Waals surface area contributed by atoms with Gasteiger partial charge in [-0.1, -0.05) is 143 Å². The van der Waals surface area contributed by atoms with Gasteiger partial charge in [-0.2, -0.15) is 0 Å². The van der Waals surface area contributed by atoms with E-state index in [4.69, 9.17) is 4.74 Å². The van der Waals surface area contributed by atoms with Gasteiger partial charge in [-0.3, -0.25) is 4.79 Å². The molecule has 3 aliphatic rings. The van der Waals surface area contributed by atoms with Crippen molar-refractivity contribution in [3.8, 4) is 0 Å². The van der Waals surface area contributed by atoms with Gasteiger partial charge >= 0.3 is 5.97 Å². The Hall–Kier alpha value is -0.780. The van der Waals surface area contributed by atoms with Gasteiger partial charge in [-0.25, -0.2) is 0 Å². The number of aliphatic carboxylic acids is 1. The van der Waals surface area contributed by atoms with Crippen molar-refractivity contribution < 1.29 is 14.6 Å². The number of carboxylic acids is 1. The highest BCUT2D eigenvalue weighted by Crippen LogP contribution is 2.52. The highest BCUT2D eigenvalue weighted by Gasteiger charge is 2.58. The van der Waals surface area contributed by atoms with Gasteiger partial charge in [-0.15, -0.1) is 0 Å². The van der Waals surface area contributed by atoms with Crippen molar-refractivity contribution in [1.29, 1.82) is 0 Å². The summed E-state index contributed by atoms with van der Waals surface area (Å²) in [5, 5.41) is 10.5. The first-order valence-electron chi connectivity index (χ1n) is 22.6. The summed E-state index contributed by atoms with van der Waals surface area (Å²) in [6, 6.07) is 1.20. The number of carbonyl (C=O) groups is 1. The molecule has 1 N–H and O–H groups in total. The van der Waals surface area contributed by atoms with Crippen LogP contribution in [0.25, 0.3) is 0 Å². The van der Waals surface area contributed by atoms with Gasteiger partial charge in [-0.05, 0) is 84.5 Å². The van der Waals surface area contributed by atoms with Crippen LogP contribution < -0.4 is 0 Å². The molecule has 1 saturated heterocycles. The van der Waals surface area contributed by atoms with Crippen molar-refractivity contribution in [1.82, 2.24) is 9.80 Å². The number of hydrogen-bond acceptors (Lipinski definition) is 4. The Morgan fingerprint density at radius 2 is 1.08 bits per heavy atom. The van der Waals surface area contributed by atoms with Crippen molar-refractivity contribution >= 4 is 5.97 Å². The van der Waals surface area contributed by atoms with E-state index in [1.165, 1.54) is 161 Å². The predicted octanol–water partition coefficient (Wildman–Crippen LogP) is 12.3. The molecule has 3 fully saturated rings. The standard InChI is InChI=1S/C45H84N2O3/c1-6-10-13-14-15-16-17-18-19-20-21-22-23-24-25-26-27-37(45(48)49)34-42-40-30-28-38(46(5)9-4)35-43(40)50-44-36-39(29-31-41(42)44)47(32-11-7-2)33-12-8-3/h37-41,43-44H,6-36H2,1-5H3/p+1. The summed E-state index contributed by atoms with van der Waals surface area (Å²) < 4.78 is 7.15. The predicted molar refractivity (Wildman–Crippen MR) is 214 cm³/mol. The summed E-state index contributed by atoms with van der Waals surface area (Å²) in [4.78, 5) is 18.1. The molecule has 3 rings (SSSR count). The molecule has 7 unspecified atom stereocenters. The van der Waals surface area contributed by atoms with E-state index in [0.29, 0.717) is 23.9 Å². The average Bonchev–Trinajstić information content (AvgIpc) is 3.12. The molecule has 2 saturated carbocycles. The van der Waals surface area contributed by atoms with Crippen molar-refractivity contribution in [2.24, 2.45) is 17.8 Å². The Balaban J connectivity index is 1.47. The number of ether oxygens (including phenoxy) is 1. The van der Waals surface area contributed by atoms with E-state index in [-0.39, 0.29) is 18.1 Å². The number of rotatable bonds is 29. The highest BCUT2D eigenvalue weighted by molar-refractivity contribution is 5.70. The Labute approximate surface area is 311 Å². The third-order valence-electron chi connectivity index (χ3n) is 13.3. The molecule has 2 aliphatic carbocycles. The fourth-order valence-corrected chi connectivity index (χ4v) is 9.89. The molecule has 0 aromatic carbocycles. The molecule has 7 atom stereocenters. The highest BCUT2D eigenvalue weighted by atomic mass is 16.5. The molecule has 50 heavy (non-hydrogen) atoms. The fourth-order valence-electron chi connectivity index (χ4n) is 9.89. The summed E-state index contributed by atoms with van der Waals surface area (Å²) in [7, 11) is 2.27. The lowest BCUT2D eigenvalue weighted by atomic mass is 9.61. The zero-order valence-electron chi connectivity index (χ0n) is 34.1. The van der Waals surface area contributed by atoms with E-state index < -0.39 is 5.97 Å². The van der Waals surface area contributed by atoms with Gasteiger partial charge in [0, 0.05) is 12.1 Å². The molecular weight excluding hydrogens is 617 g/mol. The third-order valence-corrected chi connectivity index (χ3v) is 13.3. The Morgan fingerprint density at radius 1 is 0.640 bits per heavy atom. The molecule has 5 heteroatoms. The molecule has 0 bridgehead atoms. The number of hydrogen-bond donors (Lipinski definition) is 1. The molecular formula is C45H85N2O3+. The second kappa shape index (κ2) is 26.1. The van der Waals surface area contributed by atoms with Crippen molar-refractivity contribution in [3.05, 3.63) is 5.92 Å². The Kier molecular flexibility index (Phi) is 22.7. The zero-order valence-corrected chi connectivity index (χ0v) is 34.1. The maximum atomic E-state index is 12.7. The number of unbranched alkanes of at least 4 members (excludes halogenated alkanes) is 17. The maximum Gasteiger partial charge on any atom is 0.310 e. The molecule has 1 aliphatic heterocycles. The first-order chi connectivity index (χ1) is 24.4. The van der Waals surface area contributed by atoms with Crippen molar-refractivity contribution in [2.45, 2.75) is 232 Å². The summed E-state index contributed by atoms with van der Waals surface area (Å²) in [5.74, 6) is 1.74. The third kappa shape index (κ3) is 15.3. The smallest absolute Gasteiger partial charge is 0.310 e. The molecule has 0 aromatic heterocycles. The molecule has 5 nitrogen and oxygen atoms in total. The van der Waals surface area contributed by atoms with Crippen LogP contribution in [-0.2, 0) is 9.53 Å². The SMILES string of the molecule is CCCCCCCCCCCCCCCCCCC(C[C+]1C2CCC(N(C)CC)CC2OC2CC(N(CCCC)CCCC)CCC12)C(=O)O. The van der Waals surface area contributed by atoms with Crippen molar-refractivity contribution in [3.63, 3.8) is 0 Å². The van der Waals surface area contributed by atoms with Crippen LogP contribution in [0.15, 0.2) is 0 Å². The van der Waals surface area contributed by atoms with Gasteiger partial charge in [0.2, 0.25) is 0 Å². The minimum atomic E-state index is -0.559. The molecule has 0 aromatic rings. The lowest BCUT2D eigenvalue weighted by Gasteiger charge is -2.49. The molecule has 292 valence electrons. The van der Waals surface area contributed by atoms with E-state index in [1.807, 2.05) is 0 Å². The van der Waals surface area contributed by atoms with Gasteiger partial charge in [0.05, 0.1) is 5.92 Å². The Morgan fingerprint density at radius 3 is 1.54 bits per heavy atom. The minimum Gasteiger partial charge on any atom is -0.481 e. The topological polar surface area (TPSA) is 53.0 Å². The first-order valence-corrected chi connectivity index (χ1v) is 22.6. The van der Waals surface area contributed by atoms with Crippen LogP contribution >= 0.6 is 0 Å². The van der Waals surface area contributed by atoms with E-state index in [2.05, 4.69) is 44.5 Å². The van der Waals surface area contributed by atoms with Crippen LogP contribution in [0.2, 0.25) is 0 Å². The molecule has 0 spiro atoms. The van der Waals surface area contributed by atoms with Crippen LogP contribution in [0.5, 0.6) is 0 Å². The fraction of sp³-hybridized carbons (Fsp3) is 0.956. The van der Waals surface area contributed by atoms with Gasteiger partial charge in [0.1, 0.15) is 36.4 Å². The maximum absolute atomic E-state index is 12.7. The first kappa shape index (κ1) is 43.6. The van der Waals surface area contributed by atoms with Gasteiger partial charge < -0.3 is 19.6 Å². The quantitative estimate of drug-likeness (QED) is 0.0621. The summed E-state index contributed by atoms with van der Waals surface area (Å²) >= 11 is 0. The normalized spacial score (nSPS) is 25.9. The largest absolute Gasteiger partial charge is 0.481 e.